The van der Waals surface area contributed by atoms with Crippen LogP contribution in [0.2, 0.25) is 0 Å². The predicted molar refractivity (Wildman–Crippen MR) is 54.6 cm³/mol. The third-order valence-electron chi connectivity index (χ3n) is 2.51. The highest BCUT2D eigenvalue weighted by molar-refractivity contribution is 5.19. The number of nitrogens with one attached hydrogen (secondary N) is 1. The molecular formula is C10H11F6N3. The van der Waals surface area contributed by atoms with Crippen molar-refractivity contribution in [2.24, 2.45) is 11.8 Å². The SMILES string of the molecule is Cc1ccc(C(NN)C(C(F)(F)F)C(F)(F)F)cn1. The molecular weight excluding hydrogens is 276 g/mol. The molecule has 0 spiro atoms. The van der Waals surface area contributed by atoms with Gasteiger partial charge in [-0.2, -0.15) is 26.3 Å². The molecule has 3 nitrogen and oxygen atoms in total. The summed E-state index contributed by atoms with van der Waals surface area (Å²) in [6.45, 7) is 1.56. The van der Waals surface area contributed by atoms with E-state index in [0.717, 1.165) is 12.3 Å². The van der Waals surface area contributed by atoms with E-state index in [9.17, 15) is 26.3 Å². The minimum Gasteiger partial charge on any atom is -0.271 e. The summed E-state index contributed by atoms with van der Waals surface area (Å²) < 4.78 is 75.5. The van der Waals surface area contributed by atoms with Gasteiger partial charge in [-0.05, 0) is 18.6 Å². The maximum absolute atomic E-state index is 12.6. The van der Waals surface area contributed by atoms with E-state index in [1.165, 1.54) is 6.07 Å². The summed E-state index contributed by atoms with van der Waals surface area (Å²) in [4.78, 5) is 3.66. The van der Waals surface area contributed by atoms with E-state index >= 15 is 0 Å². The second-order valence-electron chi connectivity index (χ2n) is 3.94. The third kappa shape index (κ3) is 3.80. The van der Waals surface area contributed by atoms with E-state index in [2.05, 4.69) is 4.98 Å². The van der Waals surface area contributed by atoms with Crippen LogP contribution in [-0.4, -0.2) is 17.3 Å². The minimum atomic E-state index is -5.47. The largest absolute Gasteiger partial charge is 0.402 e. The van der Waals surface area contributed by atoms with Gasteiger partial charge in [0.1, 0.15) is 0 Å². The molecule has 3 N–H and O–H groups in total. The summed E-state index contributed by atoms with van der Waals surface area (Å²) in [5.74, 6) is 1.26. The normalized spacial score (nSPS) is 14.8. The van der Waals surface area contributed by atoms with Crippen LogP contribution in [0.25, 0.3) is 0 Å². The average Bonchev–Trinajstić information content (AvgIpc) is 2.23. The van der Waals surface area contributed by atoms with Crippen LogP contribution in [0.15, 0.2) is 18.3 Å². The van der Waals surface area contributed by atoms with E-state index in [1.807, 2.05) is 0 Å². The van der Waals surface area contributed by atoms with Crippen molar-refractivity contribution in [3.05, 3.63) is 29.6 Å². The summed E-state index contributed by atoms with van der Waals surface area (Å²) >= 11 is 0. The first-order chi connectivity index (χ1) is 8.57. The Balaban J connectivity index is 3.21. The lowest BCUT2D eigenvalue weighted by atomic mass is 9.93. The van der Waals surface area contributed by atoms with Crippen molar-refractivity contribution in [3.8, 4) is 0 Å². The van der Waals surface area contributed by atoms with E-state index in [-0.39, 0.29) is 5.56 Å². The summed E-state index contributed by atoms with van der Waals surface area (Å²) in [7, 11) is 0. The first-order valence-electron chi connectivity index (χ1n) is 5.09. The fourth-order valence-electron chi connectivity index (χ4n) is 1.61. The van der Waals surface area contributed by atoms with Crippen LogP contribution < -0.4 is 11.3 Å². The first kappa shape index (κ1) is 15.7. The van der Waals surface area contributed by atoms with Crippen molar-refractivity contribution in [1.82, 2.24) is 10.4 Å². The second-order valence-corrected chi connectivity index (χ2v) is 3.94. The first-order valence-corrected chi connectivity index (χ1v) is 5.09. The summed E-state index contributed by atoms with van der Waals surface area (Å²) in [5.41, 5.74) is 1.75. The van der Waals surface area contributed by atoms with E-state index in [0.29, 0.717) is 5.69 Å². The Morgan fingerprint density at radius 3 is 1.95 bits per heavy atom. The number of hydrazine groups is 1. The number of nitrogens with zero attached hydrogens (tertiary/aromatic N) is 1. The number of aromatic nitrogens is 1. The van der Waals surface area contributed by atoms with Crippen LogP contribution in [0.5, 0.6) is 0 Å². The van der Waals surface area contributed by atoms with Crippen LogP contribution >= 0.6 is 0 Å². The molecule has 0 aromatic carbocycles. The number of rotatable bonds is 3. The van der Waals surface area contributed by atoms with Crippen LogP contribution in [0.1, 0.15) is 17.3 Å². The number of halogens is 6. The van der Waals surface area contributed by atoms with Crippen LogP contribution in [0.4, 0.5) is 26.3 Å². The maximum atomic E-state index is 12.6. The Morgan fingerprint density at radius 2 is 1.63 bits per heavy atom. The number of hydrogen-bond acceptors (Lipinski definition) is 3. The smallest absolute Gasteiger partial charge is 0.271 e. The third-order valence-corrected chi connectivity index (χ3v) is 2.51. The van der Waals surface area contributed by atoms with Gasteiger partial charge in [0, 0.05) is 11.9 Å². The van der Waals surface area contributed by atoms with Gasteiger partial charge in [0.15, 0.2) is 5.92 Å². The molecule has 108 valence electrons. The van der Waals surface area contributed by atoms with Gasteiger partial charge in [-0.3, -0.25) is 16.3 Å². The molecule has 0 aliphatic rings. The summed E-state index contributed by atoms with van der Waals surface area (Å²) in [6.07, 6.45) is -10.0. The zero-order valence-corrected chi connectivity index (χ0v) is 9.68. The van der Waals surface area contributed by atoms with Gasteiger partial charge in [0.25, 0.3) is 0 Å². The predicted octanol–water partition coefficient (Wildman–Crippen LogP) is 2.64. The number of hydrogen-bond donors (Lipinski definition) is 2. The highest BCUT2D eigenvalue weighted by atomic mass is 19.4. The van der Waals surface area contributed by atoms with Gasteiger partial charge < -0.3 is 0 Å². The second kappa shape index (κ2) is 5.33. The standard InChI is InChI=1S/C10H11F6N3/c1-5-2-3-6(4-18-5)7(19-17)8(9(11,12)13)10(14,15)16/h2-4,7-8,19H,17H2,1H3. The van der Waals surface area contributed by atoms with E-state index < -0.39 is 24.3 Å². The summed E-state index contributed by atoms with van der Waals surface area (Å²) in [5, 5.41) is 0. The highest BCUT2D eigenvalue weighted by Crippen LogP contribution is 2.45. The Labute approximate surface area is 104 Å². The van der Waals surface area contributed by atoms with Crippen molar-refractivity contribution >= 4 is 0 Å². The Hall–Kier alpha value is -1.35. The molecule has 9 heteroatoms. The highest BCUT2D eigenvalue weighted by Gasteiger charge is 2.60. The summed E-state index contributed by atoms with van der Waals surface area (Å²) in [6, 6.07) is 0.286. The molecule has 19 heavy (non-hydrogen) atoms. The number of aryl methyl sites for hydroxylation is 1. The van der Waals surface area contributed by atoms with Crippen LogP contribution in [0.3, 0.4) is 0 Å². The van der Waals surface area contributed by atoms with E-state index in [4.69, 9.17) is 5.84 Å². The van der Waals surface area contributed by atoms with Gasteiger partial charge in [0.2, 0.25) is 0 Å². The van der Waals surface area contributed by atoms with Gasteiger partial charge >= 0.3 is 12.4 Å². The molecule has 0 aliphatic carbocycles. The molecule has 0 amide bonds. The molecule has 0 saturated heterocycles. The van der Waals surface area contributed by atoms with Gasteiger partial charge in [-0.25, -0.2) is 0 Å². The number of nitrogens with two attached hydrogens (primary N) is 1. The quantitative estimate of drug-likeness (QED) is 0.510. The Morgan fingerprint density at radius 1 is 1.11 bits per heavy atom. The molecule has 0 radical (unpaired) electrons. The lowest BCUT2D eigenvalue weighted by Gasteiger charge is -2.30. The fraction of sp³-hybridized carbons (Fsp3) is 0.500. The van der Waals surface area contributed by atoms with Gasteiger partial charge in [-0.15, -0.1) is 0 Å². The van der Waals surface area contributed by atoms with Gasteiger partial charge in [0.05, 0.1) is 6.04 Å². The molecule has 0 saturated carbocycles. The topological polar surface area (TPSA) is 50.9 Å². The molecule has 0 aliphatic heterocycles. The molecule has 1 aromatic heterocycles. The molecule has 1 heterocycles. The number of pyridine rings is 1. The van der Waals surface area contributed by atoms with Crippen molar-refractivity contribution in [2.75, 3.05) is 0 Å². The van der Waals surface area contributed by atoms with Crippen molar-refractivity contribution in [3.63, 3.8) is 0 Å². The fourth-order valence-corrected chi connectivity index (χ4v) is 1.61. The Bertz CT molecular complexity index is 397. The maximum Gasteiger partial charge on any atom is 0.402 e. The van der Waals surface area contributed by atoms with Crippen LogP contribution in [-0.2, 0) is 0 Å². The zero-order valence-electron chi connectivity index (χ0n) is 9.68. The monoisotopic (exact) mass is 287 g/mol. The number of alkyl halides is 6. The molecule has 0 bridgehead atoms. The minimum absolute atomic E-state index is 0.284. The molecule has 0 fully saturated rings. The van der Waals surface area contributed by atoms with Crippen molar-refractivity contribution in [2.45, 2.75) is 25.3 Å². The van der Waals surface area contributed by atoms with Crippen molar-refractivity contribution in [1.29, 1.82) is 0 Å². The Kier molecular flexibility index (Phi) is 4.41. The van der Waals surface area contributed by atoms with Gasteiger partial charge in [-0.1, -0.05) is 6.07 Å². The molecule has 1 aromatic rings. The lowest BCUT2D eigenvalue weighted by molar-refractivity contribution is -0.292. The zero-order chi connectivity index (χ0) is 14.8. The van der Waals surface area contributed by atoms with E-state index in [1.54, 1.807) is 12.3 Å². The lowest BCUT2D eigenvalue weighted by Crippen LogP contribution is -2.47. The molecule has 1 atom stereocenters. The van der Waals surface area contributed by atoms with Crippen LogP contribution in [0, 0.1) is 12.8 Å². The van der Waals surface area contributed by atoms with Crippen molar-refractivity contribution < 1.29 is 26.3 Å². The average molecular weight is 287 g/mol. The molecule has 1 unspecified atom stereocenters. The molecule has 1 rings (SSSR count).